The Hall–Kier alpha value is -1.92. The minimum absolute atomic E-state index is 0.0261. The highest BCUT2D eigenvalue weighted by Gasteiger charge is 2.22. The maximum atomic E-state index is 12.5. The second kappa shape index (κ2) is 7.97. The zero-order valence-corrected chi connectivity index (χ0v) is 15.9. The van der Waals surface area contributed by atoms with Crippen LogP contribution in [0.1, 0.15) is 40.8 Å². The van der Waals surface area contributed by atoms with Crippen LogP contribution in [-0.4, -0.2) is 53.9 Å². The maximum Gasteiger partial charge on any atom is 0.273 e. The molecule has 2 aromatic rings. The molecule has 1 aromatic carbocycles. The van der Waals surface area contributed by atoms with Gasteiger partial charge in [0.25, 0.3) is 5.91 Å². The Balaban J connectivity index is 1.61. The zero-order chi connectivity index (χ0) is 17.8. The molecule has 2 heterocycles. The highest BCUT2D eigenvalue weighted by molar-refractivity contribution is 7.09. The van der Waals surface area contributed by atoms with Gasteiger partial charge in [0.2, 0.25) is 0 Å². The van der Waals surface area contributed by atoms with Gasteiger partial charge in [0.15, 0.2) is 0 Å². The van der Waals surface area contributed by atoms with Crippen molar-refractivity contribution in [2.45, 2.75) is 26.4 Å². The fourth-order valence-corrected chi connectivity index (χ4v) is 3.55. The molecule has 134 valence electrons. The lowest BCUT2D eigenvalue weighted by atomic mass is 10.0. The van der Waals surface area contributed by atoms with E-state index in [-0.39, 0.29) is 5.91 Å². The molecule has 0 saturated carbocycles. The summed E-state index contributed by atoms with van der Waals surface area (Å²) < 4.78 is 5.95. The number of piperazine rings is 1. The molecule has 3 rings (SSSR count). The van der Waals surface area contributed by atoms with Crippen LogP contribution in [0.25, 0.3) is 0 Å². The van der Waals surface area contributed by atoms with E-state index in [4.69, 9.17) is 4.74 Å². The molecule has 1 saturated heterocycles. The van der Waals surface area contributed by atoms with Gasteiger partial charge in [-0.1, -0.05) is 32.0 Å². The molecule has 1 aromatic heterocycles. The molecule has 1 fully saturated rings. The standard InChI is InChI=1S/C19H25N3O2S/c1-14(2)15-6-4-5-7-17(15)24-12-18-20-16(13-25-18)19(23)22-10-8-21(3)9-11-22/h4-7,13-14H,8-12H2,1-3H3. The van der Waals surface area contributed by atoms with E-state index in [1.807, 2.05) is 28.5 Å². The first-order valence-corrected chi connectivity index (χ1v) is 9.56. The summed E-state index contributed by atoms with van der Waals surface area (Å²) >= 11 is 1.48. The first-order valence-electron chi connectivity index (χ1n) is 8.68. The lowest BCUT2D eigenvalue weighted by Gasteiger charge is -2.31. The number of carbonyl (C=O) groups excluding carboxylic acids is 1. The van der Waals surface area contributed by atoms with Crippen molar-refractivity contribution in [2.75, 3.05) is 33.2 Å². The van der Waals surface area contributed by atoms with Crippen molar-refractivity contribution in [3.05, 3.63) is 45.9 Å². The Bertz CT molecular complexity index is 721. The average molecular weight is 359 g/mol. The minimum Gasteiger partial charge on any atom is -0.486 e. The van der Waals surface area contributed by atoms with E-state index in [9.17, 15) is 4.79 Å². The monoisotopic (exact) mass is 359 g/mol. The molecule has 0 radical (unpaired) electrons. The predicted molar refractivity (Wildman–Crippen MR) is 100 cm³/mol. The molecule has 1 amide bonds. The van der Waals surface area contributed by atoms with Gasteiger partial charge in [-0.15, -0.1) is 11.3 Å². The van der Waals surface area contributed by atoms with Crippen LogP contribution in [0, 0.1) is 0 Å². The molecule has 0 aliphatic carbocycles. The quantitative estimate of drug-likeness (QED) is 0.822. The van der Waals surface area contributed by atoms with Gasteiger partial charge >= 0.3 is 0 Å². The summed E-state index contributed by atoms with van der Waals surface area (Å²) in [4.78, 5) is 21.1. The molecule has 6 heteroatoms. The second-order valence-corrected chi connectivity index (χ2v) is 7.65. The van der Waals surface area contributed by atoms with Crippen molar-refractivity contribution in [3.8, 4) is 5.75 Å². The third-order valence-electron chi connectivity index (χ3n) is 4.45. The van der Waals surface area contributed by atoms with Crippen LogP contribution in [0.4, 0.5) is 0 Å². The van der Waals surface area contributed by atoms with E-state index in [0.717, 1.165) is 36.9 Å². The number of likely N-dealkylation sites (N-methyl/N-ethyl adjacent to an activating group) is 1. The SMILES string of the molecule is CC(C)c1ccccc1OCc1nc(C(=O)N2CCN(C)CC2)cs1. The number of benzene rings is 1. The normalized spacial score (nSPS) is 15.6. The Labute approximate surface area is 153 Å². The average Bonchev–Trinajstić information content (AvgIpc) is 3.09. The van der Waals surface area contributed by atoms with Crippen LogP contribution in [0.5, 0.6) is 5.75 Å². The molecule has 0 atom stereocenters. The highest BCUT2D eigenvalue weighted by atomic mass is 32.1. The van der Waals surface area contributed by atoms with Crippen LogP contribution in [-0.2, 0) is 6.61 Å². The summed E-state index contributed by atoms with van der Waals surface area (Å²) in [7, 11) is 2.08. The van der Waals surface area contributed by atoms with Crippen molar-refractivity contribution in [1.82, 2.24) is 14.8 Å². The molecule has 0 unspecified atom stereocenters. The Kier molecular flexibility index (Phi) is 5.71. The van der Waals surface area contributed by atoms with E-state index in [0.29, 0.717) is 18.2 Å². The van der Waals surface area contributed by atoms with Gasteiger partial charge in [-0.25, -0.2) is 4.98 Å². The van der Waals surface area contributed by atoms with Gasteiger partial charge < -0.3 is 14.5 Å². The summed E-state index contributed by atoms with van der Waals surface area (Å²) in [6.45, 7) is 8.05. The first-order chi connectivity index (χ1) is 12.0. The van der Waals surface area contributed by atoms with E-state index < -0.39 is 0 Å². The lowest BCUT2D eigenvalue weighted by Crippen LogP contribution is -2.47. The molecule has 0 spiro atoms. The number of thiazole rings is 1. The molecule has 1 aliphatic heterocycles. The van der Waals surface area contributed by atoms with Crippen molar-refractivity contribution < 1.29 is 9.53 Å². The number of rotatable bonds is 5. The number of carbonyl (C=O) groups is 1. The number of hydrogen-bond acceptors (Lipinski definition) is 5. The van der Waals surface area contributed by atoms with Crippen LogP contribution in [0.2, 0.25) is 0 Å². The first kappa shape index (κ1) is 17.9. The Morgan fingerprint density at radius 3 is 2.68 bits per heavy atom. The van der Waals surface area contributed by atoms with Crippen LogP contribution in [0.15, 0.2) is 29.6 Å². The van der Waals surface area contributed by atoms with Crippen LogP contribution in [0.3, 0.4) is 0 Å². The topological polar surface area (TPSA) is 45.7 Å². The third kappa shape index (κ3) is 4.38. The number of ether oxygens (including phenoxy) is 1. The summed E-state index contributed by atoms with van der Waals surface area (Å²) in [5.74, 6) is 1.32. The summed E-state index contributed by atoms with van der Waals surface area (Å²) in [6, 6.07) is 8.08. The second-order valence-electron chi connectivity index (χ2n) is 6.70. The summed E-state index contributed by atoms with van der Waals surface area (Å²) in [5, 5.41) is 2.67. The number of hydrogen-bond donors (Lipinski definition) is 0. The van der Waals surface area contributed by atoms with E-state index >= 15 is 0 Å². The number of nitrogens with zero attached hydrogens (tertiary/aromatic N) is 3. The molecule has 25 heavy (non-hydrogen) atoms. The molecule has 0 bridgehead atoms. The van der Waals surface area contributed by atoms with E-state index in [1.165, 1.54) is 16.9 Å². The van der Waals surface area contributed by atoms with Crippen molar-refractivity contribution in [1.29, 1.82) is 0 Å². The lowest BCUT2D eigenvalue weighted by molar-refractivity contribution is 0.0658. The highest BCUT2D eigenvalue weighted by Crippen LogP contribution is 2.27. The maximum absolute atomic E-state index is 12.5. The fraction of sp³-hybridized carbons (Fsp3) is 0.474. The van der Waals surface area contributed by atoms with Gasteiger partial charge in [-0.05, 0) is 24.6 Å². The van der Waals surface area contributed by atoms with Crippen molar-refractivity contribution >= 4 is 17.2 Å². The number of para-hydroxylation sites is 1. The van der Waals surface area contributed by atoms with Crippen molar-refractivity contribution in [3.63, 3.8) is 0 Å². The minimum atomic E-state index is 0.0261. The molecule has 1 aliphatic rings. The van der Waals surface area contributed by atoms with Crippen LogP contribution >= 0.6 is 11.3 Å². The molecular weight excluding hydrogens is 334 g/mol. The summed E-state index contributed by atoms with van der Waals surface area (Å²) in [5.41, 5.74) is 1.72. The fourth-order valence-electron chi connectivity index (χ4n) is 2.88. The van der Waals surface area contributed by atoms with E-state index in [1.54, 1.807) is 0 Å². The van der Waals surface area contributed by atoms with E-state index in [2.05, 4.69) is 36.8 Å². The summed E-state index contributed by atoms with van der Waals surface area (Å²) in [6.07, 6.45) is 0. The van der Waals surface area contributed by atoms with Gasteiger partial charge in [0, 0.05) is 31.6 Å². The smallest absolute Gasteiger partial charge is 0.273 e. The van der Waals surface area contributed by atoms with Gasteiger partial charge in [-0.2, -0.15) is 0 Å². The number of amides is 1. The van der Waals surface area contributed by atoms with Gasteiger partial charge in [0.05, 0.1) is 0 Å². The molecule has 5 nitrogen and oxygen atoms in total. The Morgan fingerprint density at radius 2 is 1.96 bits per heavy atom. The third-order valence-corrected chi connectivity index (χ3v) is 5.28. The van der Waals surface area contributed by atoms with Gasteiger partial charge in [-0.3, -0.25) is 4.79 Å². The largest absolute Gasteiger partial charge is 0.486 e. The van der Waals surface area contributed by atoms with Crippen LogP contribution < -0.4 is 4.74 Å². The van der Waals surface area contributed by atoms with Gasteiger partial charge in [0.1, 0.15) is 23.1 Å². The predicted octanol–water partition coefficient (Wildman–Crippen LogP) is 3.23. The molecular formula is C19H25N3O2S. The molecule has 0 N–H and O–H groups in total. The Morgan fingerprint density at radius 1 is 1.24 bits per heavy atom. The number of aromatic nitrogens is 1. The van der Waals surface area contributed by atoms with Crippen molar-refractivity contribution in [2.24, 2.45) is 0 Å². The zero-order valence-electron chi connectivity index (χ0n) is 15.1.